The van der Waals surface area contributed by atoms with Crippen molar-refractivity contribution in [3.05, 3.63) is 36.2 Å². The Hall–Kier alpha value is -2.31. The van der Waals surface area contributed by atoms with E-state index >= 15 is 0 Å². The number of Topliss-reactive ketones (excluding diaryl/α,β-unsaturated/α-hetero) is 1. The number of nitrogens with zero attached hydrogens (tertiary/aromatic N) is 4. The van der Waals surface area contributed by atoms with E-state index in [0.29, 0.717) is 21.4 Å². The van der Waals surface area contributed by atoms with Crippen LogP contribution < -0.4 is 10.6 Å². The second kappa shape index (κ2) is 19.9. The maximum absolute atomic E-state index is 13.5. The van der Waals surface area contributed by atoms with Gasteiger partial charge in [-0.1, -0.05) is 23.5 Å². The first-order valence-corrected chi connectivity index (χ1v) is 17.8. The summed E-state index contributed by atoms with van der Waals surface area (Å²) in [6.45, 7) is 2.42. The first-order valence-electron chi connectivity index (χ1n) is 12.7. The van der Waals surface area contributed by atoms with Gasteiger partial charge >= 0.3 is 11.9 Å². The van der Waals surface area contributed by atoms with Crippen LogP contribution in [0.1, 0.15) is 48.6 Å². The van der Waals surface area contributed by atoms with Gasteiger partial charge in [0.1, 0.15) is 27.9 Å². The number of amides is 2. The summed E-state index contributed by atoms with van der Waals surface area (Å²) in [5.41, 5.74) is 0.856. The molecule has 0 fully saturated rings. The zero-order chi connectivity index (χ0) is 32.6. The maximum Gasteiger partial charge on any atom is 0.327 e. The van der Waals surface area contributed by atoms with Crippen molar-refractivity contribution < 1.29 is 34.2 Å². The summed E-state index contributed by atoms with van der Waals surface area (Å²) in [5, 5.41) is 24.3. The summed E-state index contributed by atoms with van der Waals surface area (Å²) in [7, 11) is 0. The van der Waals surface area contributed by atoms with E-state index in [0.717, 1.165) is 23.5 Å². The lowest BCUT2D eigenvalue weighted by molar-refractivity contribution is -0.141. The molecule has 0 aliphatic rings. The van der Waals surface area contributed by atoms with E-state index in [1.165, 1.54) is 62.2 Å². The summed E-state index contributed by atoms with van der Waals surface area (Å²) < 4.78 is 0. The number of alkyl halides is 2. The second-order valence-corrected chi connectivity index (χ2v) is 14.5. The normalized spacial score (nSPS) is 13.7. The minimum Gasteiger partial charge on any atom is -0.480 e. The summed E-state index contributed by atoms with van der Waals surface area (Å²) in [6, 6.07) is -2.39. The smallest absolute Gasteiger partial charge is 0.327 e. The van der Waals surface area contributed by atoms with Crippen LogP contribution in [0.15, 0.2) is 34.8 Å². The Labute approximate surface area is 280 Å². The van der Waals surface area contributed by atoms with Crippen LogP contribution in [0, 0.1) is 0 Å². The highest BCUT2D eigenvalue weighted by Gasteiger charge is 2.28. The molecular formula is C25H30Cl2N6O7S4. The van der Waals surface area contributed by atoms with Crippen molar-refractivity contribution in [2.45, 2.75) is 59.3 Å². The molecule has 4 N–H and O–H groups in total. The SMILES string of the molecule is CC(=O)NC(CSC(CC(=O)CC(SCC(NC(C)=O)C(=O)O)c1cnc(SCCl)cn1)c1cnc(SCCl)cn1)C(=O)O. The Kier molecular flexibility index (Phi) is 17.2. The number of rotatable bonds is 20. The molecule has 0 aliphatic carbocycles. The summed E-state index contributed by atoms with van der Waals surface area (Å²) in [5.74, 6) is -3.82. The quantitative estimate of drug-likeness (QED) is 0.114. The molecule has 0 bridgehead atoms. The molecule has 4 unspecified atom stereocenters. The number of nitrogens with one attached hydrogen (secondary N) is 2. The Morgan fingerprint density at radius 1 is 0.705 bits per heavy atom. The third kappa shape index (κ3) is 13.8. The molecule has 0 saturated carbocycles. The van der Waals surface area contributed by atoms with Gasteiger partial charge in [-0.05, 0) is 0 Å². The number of aliphatic carboxylic acids is 2. The van der Waals surface area contributed by atoms with Gasteiger partial charge < -0.3 is 20.8 Å². The van der Waals surface area contributed by atoms with E-state index in [4.69, 9.17) is 23.2 Å². The first kappa shape index (κ1) is 37.9. The third-order valence-electron chi connectivity index (χ3n) is 5.47. The Morgan fingerprint density at radius 2 is 1.09 bits per heavy atom. The summed E-state index contributed by atoms with van der Waals surface area (Å²) in [4.78, 5) is 77.4. The number of ketones is 1. The van der Waals surface area contributed by atoms with Gasteiger partial charge in [0.05, 0.1) is 57.1 Å². The fraction of sp³-hybridized carbons (Fsp3) is 0.480. The predicted molar refractivity (Wildman–Crippen MR) is 172 cm³/mol. The van der Waals surface area contributed by atoms with Crippen molar-refractivity contribution in [3.63, 3.8) is 0 Å². The van der Waals surface area contributed by atoms with Gasteiger partial charge in [0.15, 0.2) is 0 Å². The molecule has 2 amide bonds. The molecule has 0 aliphatic heterocycles. The number of thioether (sulfide) groups is 4. The molecule has 240 valence electrons. The fourth-order valence-corrected chi connectivity index (χ4v) is 7.40. The molecule has 4 atom stereocenters. The Bertz CT molecular complexity index is 1190. The van der Waals surface area contributed by atoms with Crippen molar-refractivity contribution in [3.8, 4) is 0 Å². The van der Waals surface area contributed by atoms with E-state index in [9.17, 15) is 34.2 Å². The van der Waals surface area contributed by atoms with Gasteiger partial charge in [-0.15, -0.1) is 46.7 Å². The van der Waals surface area contributed by atoms with Gasteiger partial charge in [0.2, 0.25) is 11.8 Å². The van der Waals surface area contributed by atoms with Crippen LogP contribution in [-0.2, 0) is 24.0 Å². The molecule has 44 heavy (non-hydrogen) atoms. The molecule has 0 spiro atoms. The summed E-state index contributed by atoms with van der Waals surface area (Å²) >= 11 is 16.3. The van der Waals surface area contributed by atoms with Gasteiger partial charge in [-0.2, -0.15) is 0 Å². The largest absolute Gasteiger partial charge is 0.480 e. The Morgan fingerprint density at radius 3 is 1.36 bits per heavy atom. The number of carboxylic acids is 2. The average Bonchev–Trinajstić information content (AvgIpc) is 2.96. The number of hydrogen-bond donors (Lipinski definition) is 4. The Balaban J connectivity index is 2.30. The van der Waals surface area contributed by atoms with Crippen LogP contribution in [0.25, 0.3) is 0 Å². The van der Waals surface area contributed by atoms with Crippen LogP contribution in [0.3, 0.4) is 0 Å². The van der Waals surface area contributed by atoms with Crippen molar-refractivity contribution >= 4 is 99.8 Å². The lowest BCUT2D eigenvalue weighted by Crippen LogP contribution is -2.41. The molecule has 19 heteroatoms. The van der Waals surface area contributed by atoms with Crippen LogP contribution in [0.5, 0.6) is 0 Å². The fourth-order valence-electron chi connectivity index (χ4n) is 3.51. The molecular weight excluding hydrogens is 695 g/mol. The van der Waals surface area contributed by atoms with Crippen molar-refractivity contribution in [2.75, 3.05) is 21.9 Å². The third-order valence-corrected chi connectivity index (χ3v) is 10.0. The molecule has 0 saturated heterocycles. The van der Waals surface area contributed by atoms with Crippen LogP contribution in [0.2, 0.25) is 0 Å². The van der Waals surface area contributed by atoms with E-state index in [-0.39, 0.29) is 40.6 Å². The summed E-state index contributed by atoms with van der Waals surface area (Å²) in [6.07, 6.45) is 5.84. The number of carbonyl (C=O) groups is 5. The topological polar surface area (TPSA) is 201 Å². The van der Waals surface area contributed by atoms with Gasteiger partial charge in [0.25, 0.3) is 0 Å². The molecule has 2 heterocycles. The number of aromatic nitrogens is 4. The van der Waals surface area contributed by atoms with E-state index in [1.807, 2.05) is 0 Å². The number of carboxylic acid groups (broad SMARTS) is 2. The lowest BCUT2D eigenvalue weighted by atomic mass is 10.1. The van der Waals surface area contributed by atoms with Crippen molar-refractivity contribution in [1.29, 1.82) is 0 Å². The zero-order valence-corrected chi connectivity index (χ0v) is 28.3. The second-order valence-electron chi connectivity index (χ2n) is 8.84. The van der Waals surface area contributed by atoms with Crippen LogP contribution >= 0.6 is 70.2 Å². The van der Waals surface area contributed by atoms with E-state index in [2.05, 4.69) is 30.6 Å². The van der Waals surface area contributed by atoms with Gasteiger partial charge in [0, 0.05) is 38.2 Å². The highest BCUT2D eigenvalue weighted by molar-refractivity contribution is 8.00. The highest BCUT2D eigenvalue weighted by Crippen LogP contribution is 2.37. The van der Waals surface area contributed by atoms with Crippen LogP contribution in [-0.4, -0.2) is 93.7 Å². The van der Waals surface area contributed by atoms with Gasteiger partial charge in [-0.25, -0.2) is 19.6 Å². The van der Waals surface area contributed by atoms with Crippen LogP contribution in [0.4, 0.5) is 0 Å². The zero-order valence-electron chi connectivity index (χ0n) is 23.5. The number of carbonyl (C=O) groups excluding carboxylic acids is 3. The average molecular weight is 726 g/mol. The molecule has 0 aromatic carbocycles. The minimum atomic E-state index is -1.23. The van der Waals surface area contributed by atoms with E-state index in [1.54, 1.807) is 0 Å². The van der Waals surface area contributed by atoms with Crippen molar-refractivity contribution in [2.24, 2.45) is 0 Å². The van der Waals surface area contributed by atoms with Crippen molar-refractivity contribution in [1.82, 2.24) is 30.6 Å². The molecule has 2 aromatic rings. The standard InChI is InChI=1S/C25H30Cl2N6O7S4/c1-13(34)32-18(24(37)38)9-41-20(16-5-30-22(7-28-16)43-11-26)3-15(36)4-21(17-6-31-23(8-29-17)44-12-27)42-10-19(25(39)40)33-14(2)35/h5-8,18-21H,3-4,9-12H2,1-2H3,(H,32,34)(H,33,35)(H,37,38)(H,39,40). The number of hydrogen-bond acceptors (Lipinski definition) is 13. The van der Waals surface area contributed by atoms with Gasteiger partial charge in [-0.3, -0.25) is 24.4 Å². The molecule has 0 radical (unpaired) electrons. The minimum absolute atomic E-state index is 0.0485. The number of halogens is 2. The predicted octanol–water partition coefficient (Wildman–Crippen LogP) is 3.62. The molecule has 2 aromatic heterocycles. The maximum atomic E-state index is 13.5. The lowest BCUT2D eigenvalue weighted by Gasteiger charge is -2.21. The highest BCUT2D eigenvalue weighted by atomic mass is 35.5. The molecule has 13 nitrogen and oxygen atoms in total. The monoisotopic (exact) mass is 724 g/mol. The van der Waals surface area contributed by atoms with E-state index < -0.39 is 46.3 Å². The molecule has 2 rings (SSSR count). The first-order chi connectivity index (χ1) is 20.9.